The van der Waals surface area contributed by atoms with E-state index in [9.17, 15) is 14.4 Å². The minimum Gasteiger partial charge on any atom is -0.356 e. The molecule has 0 bridgehead atoms. The maximum absolute atomic E-state index is 12.2. The van der Waals surface area contributed by atoms with Gasteiger partial charge in [-0.05, 0) is 51.4 Å². The van der Waals surface area contributed by atoms with E-state index in [1.54, 1.807) is 24.3 Å². The highest BCUT2D eigenvalue weighted by Gasteiger charge is 2.25. The molecule has 1 fully saturated rings. The predicted octanol–water partition coefficient (Wildman–Crippen LogP) is 2.07. The van der Waals surface area contributed by atoms with Gasteiger partial charge in [0.2, 0.25) is 11.8 Å². The molecule has 1 saturated heterocycles. The molecule has 6 nitrogen and oxygen atoms in total. The number of hydrogen-bond donors (Lipinski definition) is 2. The second-order valence-corrected chi connectivity index (χ2v) is 6.53. The van der Waals surface area contributed by atoms with Crippen LogP contribution in [-0.2, 0) is 9.59 Å². The molecule has 0 spiro atoms. The summed E-state index contributed by atoms with van der Waals surface area (Å²) in [5.74, 6) is 0.0548. The zero-order valence-corrected chi connectivity index (χ0v) is 15.0. The summed E-state index contributed by atoms with van der Waals surface area (Å²) in [6.45, 7) is 6.04. The van der Waals surface area contributed by atoms with Crippen molar-refractivity contribution in [3.8, 4) is 0 Å². The van der Waals surface area contributed by atoms with E-state index in [2.05, 4.69) is 15.5 Å². The van der Waals surface area contributed by atoms with Crippen molar-refractivity contribution in [3.63, 3.8) is 0 Å². The number of carbonyl (C=O) groups is 3. The Bertz CT molecular complexity index is 622. The summed E-state index contributed by atoms with van der Waals surface area (Å²) in [4.78, 5) is 37.6. The van der Waals surface area contributed by atoms with Gasteiger partial charge in [-0.3, -0.25) is 19.3 Å². The van der Waals surface area contributed by atoms with E-state index in [0.29, 0.717) is 17.8 Å². The van der Waals surface area contributed by atoms with E-state index < -0.39 is 0 Å². The first-order valence-electron chi connectivity index (χ1n) is 8.90. The van der Waals surface area contributed by atoms with Crippen molar-refractivity contribution in [1.29, 1.82) is 0 Å². The smallest absolute Gasteiger partial charge is 0.238 e. The summed E-state index contributed by atoms with van der Waals surface area (Å²) in [6.07, 6.45) is 2.50. The molecule has 25 heavy (non-hydrogen) atoms. The van der Waals surface area contributed by atoms with E-state index >= 15 is 0 Å². The molecule has 1 aromatic rings. The van der Waals surface area contributed by atoms with Crippen LogP contribution >= 0.6 is 0 Å². The second-order valence-electron chi connectivity index (χ2n) is 6.53. The van der Waals surface area contributed by atoms with E-state index in [0.717, 1.165) is 38.9 Å². The first-order chi connectivity index (χ1) is 12.0. The largest absolute Gasteiger partial charge is 0.356 e. The van der Waals surface area contributed by atoms with Gasteiger partial charge in [-0.2, -0.15) is 0 Å². The molecule has 1 heterocycles. The van der Waals surface area contributed by atoms with Gasteiger partial charge in [0, 0.05) is 23.7 Å². The third kappa shape index (κ3) is 5.98. The lowest BCUT2D eigenvalue weighted by molar-refractivity contribution is -0.126. The predicted molar refractivity (Wildman–Crippen MR) is 97.5 cm³/mol. The Morgan fingerprint density at radius 2 is 1.92 bits per heavy atom. The summed E-state index contributed by atoms with van der Waals surface area (Å²) in [5, 5.41) is 5.77. The molecule has 2 amide bonds. The first kappa shape index (κ1) is 19.1. The van der Waals surface area contributed by atoms with Crippen LogP contribution in [0.4, 0.5) is 5.69 Å². The SMILES string of the molecule is CCCNC(=O)C1CCN(CC(=O)Nc2cccc(C(C)=O)c2)CC1. The molecule has 2 rings (SSSR count). The minimum atomic E-state index is -0.102. The molecule has 0 unspecified atom stereocenters. The molecule has 0 saturated carbocycles. The number of likely N-dealkylation sites (tertiary alicyclic amines) is 1. The summed E-state index contributed by atoms with van der Waals surface area (Å²) in [6, 6.07) is 6.94. The van der Waals surface area contributed by atoms with E-state index in [1.807, 2.05) is 6.92 Å². The molecule has 0 aliphatic carbocycles. The zero-order chi connectivity index (χ0) is 18.2. The quantitative estimate of drug-likeness (QED) is 0.742. The normalized spacial score (nSPS) is 15.6. The number of Topliss-reactive ketones (excluding diaryl/α,β-unsaturated/α-hetero) is 1. The van der Waals surface area contributed by atoms with Crippen molar-refractivity contribution in [1.82, 2.24) is 10.2 Å². The van der Waals surface area contributed by atoms with Crippen LogP contribution in [-0.4, -0.2) is 48.7 Å². The Kier molecular flexibility index (Phi) is 7.13. The number of carbonyl (C=O) groups excluding carboxylic acids is 3. The van der Waals surface area contributed by atoms with Crippen molar-refractivity contribution in [2.45, 2.75) is 33.1 Å². The number of amides is 2. The molecule has 6 heteroatoms. The summed E-state index contributed by atoms with van der Waals surface area (Å²) >= 11 is 0. The van der Waals surface area contributed by atoms with Gasteiger partial charge in [-0.15, -0.1) is 0 Å². The standard InChI is InChI=1S/C19H27N3O3/c1-3-9-20-19(25)15-7-10-22(11-8-15)13-18(24)21-17-6-4-5-16(12-17)14(2)23/h4-6,12,15H,3,7-11,13H2,1-2H3,(H,20,25)(H,21,24). The molecule has 136 valence electrons. The van der Waals surface area contributed by atoms with E-state index in [1.165, 1.54) is 6.92 Å². The molecular formula is C19H27N3O3. The van der Waals surface area contributed by atoms with Crippen LogP contribution in [0.1, 0.15) is 43.5 Å². The fraction of sp³-hybridized carbons (Fsp3) is 0.526. The molecule has 1 aliphatic rings. The van der Waals surface area contributed by atoms with Crippen molar-refractivity contribution in [2.24, 2.45) is 5.92 Å². The van der Waals surface area contributed by atoms with Crippen LogP contribution in [0.25, 0.3) is 0 Å². The average molecular weight is 345 g/mol. The Hall–Kier alpha value is -2.21. The van der Waals surface area contributed by atoms with Crippen molar-refractivity contribution < 1.29 is 14.4 Å². The number of piperidine rings is 1. The number of nitrogens with zero attached hydrogens (tertiary/aromatic N) is 1. The van der Waals surface area contributed by atoms with Crippen LogP contribution in [0.2, 0.25) is 0 Å². The molecule has 0 aromatic heterocycles. The lowest BCUT2D eigenvalue weighted by Gasteiger charge is -2.30. The fourth-order valence-corrected chi connectivity index (χ4v) is 2.97. The Morgan fingerprint density at radius 3 is 2.56 bits per heavy atom. The van der Waals surface area contributed by atoms with Gasteiger partial charge < -0.3 is 10.6 Å². The van der Waals surface area contributed by atoms with Gasteiger partial charge in [0.25, 0.3) is 0 Å². The minimum absolute atomic E-state index is 0.0282. The third-order valence-corrected chi connectivity index (χ3v) is 4.43. The van der Waals surface area contributed by atoms with Gasteiger partial charge in [0.05, 0.1) is 6.54 Å². The van der Waals surface area contributed by atoms with Crippen LogP contribution in [0.3, 0.4) is 0 Å². The summed E-state index contributed by atoms with van der Waals surface area (Å²) in [5.41, 5.74) is 1.21. The van der Waals surface area contributed by atoms with Gasteiger partial charge in [-0.25, -0.2) is 0 Å². The molecule has 0 radical (unpaired) electrons. The monoisotopic (exact) mass is 345 g/mol. The fourth-order valence-electron chi connectivity index (χ4n) is 2.97. The maximum atomic E-state index is 12.2. The number of anilines is 1. The highest BCUT2D eigenvalue weighted by Crippen LogP contribution is 2.17. The zero-order valence-electron chi connectivity index (χ0n) is 15.0. The van der Waals surface area contributed by atoms with Crippen molar-refractivity contribution >= 4 is 23.3 Å². The van der Waals surface area contributed by atoms with Crippen LogP contribution < -0.4 is 10.6 Å². The third-order valence-electron chi connectivity index (χ3n) is 4.43. The van der Waals surface area contributed by atoms with Crippen molar-refractivity contribution in [3.05, 3.63) is 29.8 Å². The lowest BCUT2D eigenvalue weighted by Crippen LogP contribution is -2.43. The van der Waals surface area contributed by atoms with Crippen LogP contribution in [0.5, 0.6) is 0 Å². The number of rotatable bonds is 7. The maximum Gasteiger partial charge on any atom is 0.238 e. The topological polar surface area (TPSA) is 78.5 Å². The number of benzene rings is 1. The Labute approximate surface area is 149 Å². The lowest BCUT2D eigenvalue weighted by atomic mass is 9.96. The highest BCUT2D eigenvalue weighted by atomic mass is 16.2. The van der Waals surface area contributed by atoms with E-state index in [-0.39, 0.29) is 23.5 Å². The van der Waals surface area contributed by atoms with Crippen LogP contribution in [0.15, 0.2) is 24.3 Å². The Balaban J connectivity index is 1.78. The average Bonchev–Trinajstić information content (AvgIpc) is 2.60. The summed E-state index contributed by atoms with van der Waals surface area (Å²) in [7, 11) is 0. The molecule has 0 atom stereocenters. The number of ketones is 1. The molecule has 1 aromatic carbocycles. The number of hydrogen-bond acceptors (Lipinski definition) is 4. The number of nitrogens with one attached hydrogen (secondary N) is 2. The van der Waals surface area contributed by atoms with Gasteiger partial charge >= 0.3 is 0 Å². The second kappa shape index (κ2) is 9.32. The van der Waals surface area contributed by atoms with Crippen LogP contribution in [0, 0.1) is 5.92 Å². The molecular weight excluding hydrogens is 318 g/mol. The summed E-state index contributed by atoms with van der Waals surface area (Å²) < 4.78 is 0. The van der Waals surface area contributed by atoms with Gasteiger partial charge in [0.1, 0.15) is 0 Å². The van der Waals surface area contributed by atoms with Crippen molar-refractivity contribution in [2.75, 3.05) is 31.5 Å². The van der Waals surface area contributed by atoms with E-state index in [4.69, 9.17) is 0 Å². The Morgan fingerprint density at radius 1 is 1.20 bits per heavy atom. The first-order valence-corrected chi connectivity index (χ1v) is 8.90. The van der Waals surface area contributed by atoms with Gasteiger partial charge in [0.15, 0.2) is 5.78 Å². The molecule has 1 aliphatic heterocycles. The van der Waals surface area contributed by atoms with Gasteiger partial charge in [-0.1, -0.05) is 19.1 Å². The highest BCUT2D eigenvalue weighted by molar-refractivity contribution is 5.97. The molecule has 2 N–H and O–H groups in total.